The molecule has 36 unspecified atom stereocenters. The maximum absolute atomic E-state index is 15.2. The molecule has 6 saturated heterocycles. The Kier molecular flexibility index (Phi) is 20.8. The molecule has 0 aromatic carbocycles. The van der Waals surface area contributed by atoms with Gasteiger partial charge in [0.25, 0.3) is 0 Å². The lowest BCUT2D eigenvalue weighted by atomic mass is 9.34. The number of carbonyl (C=O) groups is 1. The molecule has 6 heterocycles. The van der Waals surface area contributed by atoms with Crippen LogP contribution in [0, 0.1) is 44.8 Å². The monoisotopic (exact) mass is 1320 g/mol. The maximum atomic E-state index is 15.2. The van der Waals surface area contributed by atoms with E-state index in [1.165, 1.54) is 13.8 Å². The van der Waals surface area contributed by atoms with E-state index < -0.39 is 220 Å². The van der Waals surface area contributed by atoms with Crippen molar-refractivity contribution in [2.24, 2.45) is 44.8 Å². The molecule has 0 bridgehead atoms. The SMILES string of the molecule is C=C1CCC2(C(=O)OC3OC(COC4OC(CO)C(OC5OC(C)C(O)C(O)C5O)C(O)C4O)C(O)C(O)C3O)CCC3(C)C(=CCC4C5(C)CCC(OC6OCC(O)C(O)C6OC6OC(C)C(O)C(OC7OCC(O)C(O)C7O)C6O)C(C)(C)C5CCC43C)C2C1. The lowest BCUT2D eigenvalue weighted by molar-refractivity contribution is -0.378. The number of rotatable bonds is 14. The second kappa shape index (κ2) is 26.8. The fourth-order valence-electron chi connectivity index (χ4n) is 18.3. The van der Waals surface area contributed by atoms with Gasteiger partial charge in [-0.2, -0.15) is 0 Å². The summed E-state index contributed by atoms with van der Waals surface area (Å²) in [4.78, 5) is 15.2. The molecular weight excluding hydrogens is 1220 g/mol. The van der Waals surface area contributed by atoms with E-state index in [0.29, 0.717) is 44.9 Å². The first-order valence-electron chi connectivity index (χ1n) is 32.7. The van der Waals surface area contributed by atoms with Gasteiger partial charge in [0.1, 0.15) is 122 Å². The third kappa shape index (κ3) is 12.1. The van der Waals surface area contributed by atoms with E-state index in [9.17, 15) is 81.7 Å². The second-order valence-electron chi connectivity index (χ2n) is 29.6. The summed E-state index contributed by atoms with van der Waals surface area (Å²) in [5.41, 5.74) is -0.392. The molecule has 11 aliphatic rings. The van der Waals surface area contributed by atoms with E-state index in [1.54, 1.807) is 0 Å². The van der Waals surface area contributed by atoms with Crippen LogP contribution in [0.1, 0.15) is 113 Å². The van der Waals surface area contributed by atoms with Crippen LogP contribution in [0.4, 0.5) is 0 Å². The molecule has 0 radical (unpaired) electrons. The van der Waals surface area contributed by atoms with Crippen LogP contribution in [0.25, 0.3) is 0 Å². The molecule has 5 aliphatic carbocycles. The Morgan fingerprint density at radius 2 is 1.13 bits per heavy atom. The minimum atomic E-state index is -1.91. The van der Waals surface area contributed by atoms with E-state index in [1.807, 2.05) is 0 Å². The number of fused-ring (bicyclic) bond motifs is 7. The molecule has 29 heteroatoms. The van der Waals surface area contributed by atoms with Gasteiger partial charge in [-0.1, -0.05) is 58.4 Å². The highest BCUT2D eigenvalue weighted by molar-refractivity contribution is 5.79. The van der Waals surface area contributed by atoms with Crippen LogP contribution >= 0.6 is 0 Å². The van der Waals surface area contributed by atoms with Gasteiger partial charge in [0, 0.05) is 5.92 Å². The Morgan fingerprint density at radius 3 is 1.83 bits per heavy atom. The Bertz CT molecular complexity index is 2620. The van der Waals surface area contributed by atoms with E-state index >= 15 is 4.79 Å². The standard InChI is InChI=1S/C63H100O29/c1-24-11-16-63(58(80)92-55-46(77)42(73)40(71)32(87-55)23-83-52-47(78)43(74)49(31(20-64)86-52)89-54-45(76)41(72)36(67)25(2)84-54)18-17-61(7)27(28(63)19-24)9-10-34-60(6)14-13-35(59(4,5)33(60)12-15-62(34,61)8)88-57-51(39(70)30(66)22-82-57)91-56-48(79)50(37(68)26(3)85-56)90-53-44(75)38(69)29(65)21-81-53/h9,25-26,28-57,64-79H,1,10-23H2,2-8H3. The van der Waals surface area contributed by atoms with Crippen molar-refractivity contribution in [1.82, 2.24) is 0 Å². The first-order chi connectivity index (χ1) is 43.2. The van der Waals surface area contributed by atoms with Gasteiger partial charge in [0.15, 0.2) is 31.5 Å². The number of carbonyl (C=O) groups excluding carboxylic acids is 1. The zero-order valence-corrected chi connectivity index (χ0v) is 53.1. The number of aliphatic hydroxyl groups is 16. The Balaban J connectivity index is 0.754. The average molecular weight is 1320 g/mol. The largest absolute Gasteiger partial charge is 0.432 e. The van der Waals surface area contributed by atoms with E-state index in [0.717, 1.165) is 30.4 Å². The van der Waals surface area contributed by atoms with Crippen molar-refractivity contribution in [3.05, 3.63) is 23.8 Å². The van der Waals surface area contributed by atoms with Crippen LogP contribution in [0.5, 0.6) is 0 Å². The lowest BCUT2D eigenvalue weighted by Gasteiger charge is -2.71. The summed E-state index contributed by atoms with van der Waals surface area (Å²) in [7, 11) is 0. The molecule has 526 valence electrons. The summed E-state index contributed by atoms with van der Waals surface area (Å²) < 4.78 is 71.3. The molecule has 6 aliphatic heterocycles. The van der Waals surface area contributed by atoms with Gasteiger partial charge in [-0.15, -0.1) is 0 Å². The highest BCUT2D eigenvalue weighted by atomic mass is 16.8. The third-order valence-electron chi connectivity index (χ3n) is 24.2. The van der Waals surface area contributed by atoms with Gasteiger partial charge in [-0.3, -0.25) is 4.79 Å². The van der Waals surface area contributed by atoms with Crippen LogP contribution in [-0.4, -0.2) is 292 Å². The molecule has 11 rings (SSSR count). The van der Waals surface area contributed by atoms with Crippen LogP contribution < -0.4 is 0 Å². The molecule has 0 spiro atoms. The highest BCUT2D eigenvalue weighted by Crippen LogP contribution is 2.76. The van der Waals surface area contributed by atoms with Gasteiger partial charge in [-0.25, -0.2) is 0 Å². The molecular formula is C63H100O29. The van der Waals surface area contributed by atoms with E-state index in [2.05, 4.69) is 47.3 Å². The van der Waals surface area contributed by atoms with Crippen LogP contribution in [0.3, 0.4) is 0 Å². The molecule has 36 atom stereocenters. The molecule has 10 fully saturated rings. The van der Waals surface area contributed by atoms with Gasteiger partial charge in [0.2, 0.25) is 6.29 Å². The number of hydrogen-bond donors (Lipinski definition) is 16. The molecule has 0 aromatic heterocycles. The van der Waals surface area contributed by atoms with Crippen molar-refractivity contribution in [2.75, 3.05) is 26.4 Å². The number of aliphatic hydroxyl groups excluding tert-OH is 16. The van der Waals surface area contributed by atoms with Crippen molar-refractivity contribution >= 4 is 5.97 Å². The number of hydrogen-bond acceptors (Lipinski definition) is 29. The highest BCUT2D eigenvalue weighted by Gasteiger charge is 2.70. The van der Waals surface area contributed by atoms with Crippen molar-refractivity contribution in [3.8, 4) is 0 Å². The van der Waals surface area contributed by atoms with Crippen LogP contribution in [-0.2, 0) is 61.6 Å². The summed E-state index contributed by atoms with van der Waals surface area (Å²) in [6.45, 7) is 16.6. The minimum absolute atomic E-state index is 0.105. The fraction of sp³-hybridized carbons (Fsp3) is 0.921. The van der Waals surface area contributed by atoms with Crippen molar-refractivity contribution in [3.63, 3.8) is 0 Å². The van der Waals surface area contributed by atoms with Gasteiger partial charge < -0.3 is 139 Å². The Morgan fingerprint density at radius 1 is 0.543 bits per heavy atom. The molecule has 92 heavy (non-hydrogen) atoms. The number of ether oxygens (including phenoxy) is 12. The first-order valence-corrected chi connectivity index (χ1v) is 32.7. The summed E-state index contributed by atoms with van der Waals surface area (Å²) in [5, 5.41) is 173. The lowest BCUT2D eigenvalue weighted by Crippen LogP contribution is -2.66. The van der Waals surface area contributed by atoms with Crippen molar-refractivity contribution in [1.29, 1.82) is 0 Å². The van der Waals surface area contributed by atoms with Crippen LogP contribution in [0.2, 0.25) is 0 Å². The predicted octanol–water partition coefficient (Wildman–Crippen LogP) is -3.52. The first kappa shape index (κ1) is 71.2. The smallest absolute Gasteiger partial charge is 0.315 e. The molecule has 29 nitrogen and oxygen atoms in total. The summed E-state index contributed by atoms with van der Waals surface area (Å²) in [5.74, 6) is -0.722. The zero-order valence-electron chi connectivity index (χ0n) is 53.1. The molecule has 16 N–H and O–H groups in total. The molecule has 4 saturated carbocycles. The fourth-order valence-corrected chi connectivity index (χ4v) is 18.3. The number of esters is 1. The average Bonchev–Trinajstić information content (AvgIpc) is 0.682. The molecule has 0 amide bonds. The Labute approximate surface area is 533 Å². The van der Waals surface area contributed by atoms with Crippen molar-refractivity contribution in [2.45, 2.75) is 291 Å². The van der Waals surface area contributed by atoms with Gasteiger partial charge in [0.05, 0.1) is 50.2 Å². The van der Waals surface area contributed by atoms with E-state index in [4.69, 9.17) is 56.8 Å². The predicted molar refractivity (Wildman–Crippen MR) is 309 cm³/mol. The maximum Gasteiger partial charge on any atom is 0.315 e. The summed E-state index contributed by atoms with van der Waals surface area (Å²) >= 11 is 0. The topological polar surface area (TPSA) is 452 Å². The summed E-state index contributed by atoms with van der Waals surface area (Å²) in [6.07, 6.45) is -36.3. The number of allylic oxidation sites excluding steroid dienone is 3. The van der Waals surface area contributed by atoms with Gasteiger partial charge in [-0.05, 0) is 112 Å². The minimum Gasteiger partial charge on any atom is -0.432 e. The van der Waals surface area contributed by atoms with E-state index in [-0.39, 0.29) is 35.2 Å². The quantitative estimate of drug-likeness (QED) is 0.0455. The summed E-state index contributed by atoms with van der Waals surface area (Å²) in [6, 6.07) is 0. The second-order valence-corrected chi connectivity index (χ2v) is 29.6. The third-order valence-corrected chi connectivity index (χ3v) is 24.2. The van der Waals surface area contributed by atoms with Crippen molar-refractivity contribution < 1.29 is 143 Å². The normalized spacial score (nSPS) is 54.6. The molecule has 0 aromatic rings. The van der Waals surface area contributed by atoms with Gasteiger partial charge >= 0.3 is 5.97 Å². The Hall–Kier alpha value is -2.13. The zero-order chi connectivity index (χ0) is 66.8. The van der Waals surface area contributed by atoms with Crippen LogP contribution in [0.15, 0.2) is 23.8 Å².